The third-order valence-electron chi connectivity index (χ3n) is 2.26. The predicted molar refractivity (Wildman–Crippen MR) is 74.5 cm³/mol. The third kappa shape index (κ3) is 3.83. The quantitative estimate of drug-likeness (QED) is 0.591. The summed E-state index contributed by atoms with van der Waals surface area (Å²) in [6.45, 7) is 8.67. The molecule has 17 heavy (non-hydrogen) atoms. The molecular weight excluding hydrogens is 228 g/mol. The normalized spacial score (nSPS) is 10.5. The largest absolute Gasteiger partial charge is 0.497 e. The zero-order valence-corrected chi connectivity index (χ0v) is 12.5. The van der Waals surface area contributed by atoms with Crippen LogP contribution < -0.4 is 9.47 Å². The lowest BCUT2D eigenvalue weighted by Gasteiger charge is -2.10. The second kappa shape index (κ2) is 5.28. The minimum atomic E-state index is -1.38. The van der Waals surface area contributed by atoms with Gasteiger partial charge in [0.1, 0.15) is 19.6 Å². The van der Waals surface area contributed by atoms with E-state index in [0.29, 0.717) is 0 Å². The topological polar surface area (TPSA) is 18.5 Å². The van der Waals surface area contributed by atoms with Crippen LogP contribution in [0.2, 0.25) is 19.6 Å². The van der Waals surface area contributed by atoms with Crippen molar-refractivity contribution >= 4 is 8.07 Å². The van der Waals surface area contributed by atoms with Crippen LogP contribution in [0.15, 0.2) is 12.1 Å². The first-order valence-electron chi connectivity index (χ1n) is 5.63. The molecule has 0 bridgehead atoms. The van der Waals surface area contributed by atoms with Crippen LogP contribution in [0.3, 0.4) is 0 Å². The number of methoxy groups -OCH3 is 2. The van der Waals surface area contributed by atoms with Crippen LogP contribution in [-0.2, 0) is 0 Å². The third-order valence-corrected chi connectivity index (χ3v) is 3.14. The van der Waals surface area contributed by atoms with Gasteiger partial charge in [-0.25, -0.2) is 0 Å². The summed E-state index contributed by atoms with van der Waals surface area (Å²) in [5.41, 5.74) is 5.30. The Balaban J connectivity index is 3.28. The Morgan fingerprint density at radius 3 is 2.18 bits per heavy atom. The molecule has 0 aliphatic carbocycles. The van der Waals surface area contributed by atoms with Gasteiger partial charge in [-0.2, -0.15) is 0 Å². The number of rotatable bonds is 2. The van der Waals surface area contributed by atoms with Crippen LogP contribution in [0.5, 0.6) is 11.5 Å². The number of hydrogen-bond donors (Lipinski definition) is 0. The molecule has 1 aromatic rings. The summed E-state index contributed by atoms with van der Waals surface area (Å²) in [5.74, 6) is 4.89. The maximum Gasteiger partial charge on any atom is 0.137 e. The summed E-state index contributed by atoms with van der Waals surface area (Å²) in [6, 6.07) is 3.89. The minimum absolute atomic E-state index is 0.822. The van der Waals surface area contributed by atoms with Gasteiger partial charge in [-0.15, -0.1) is 5.54 Å². The highest BCUT2D eigenvalue weighted by molar-refractivity contribution is 6.83. The van der Waals surface area contributed by atoms with E-state index in [1.165, 1.54) is 0 Å². The molecule has 0 fully saturated rings. The van der Waals surface area contributed by atoms with Crippen LogP contribution in [0.25, 0.3) is 0 Å². The second-order valence-corrected chi connectivity index (χ2v) is 9.78. The summed E-state index contributed by atoms with van der Waals surface area (Å²) in [4.78, 5) is 0. The van der Waals surface area contributed by atoms with Crippen molar-refractivity contribution in [2.24, 2.45) is 0 Å². The molecule has 1 rings (SSSR count). The Morgan fingerprint density at radius 2 is 1.71 bits per heavy atom. The lowest BCUT2D eigenvalue weighted by atomic mass is 10.1. The van der Waals surface area contributed by atoms with Crippen molar-refractivity contribution in [3.05, 3.63) is 23.3 Å². The van der Waals surface area contributed by atoms with Crippen LogP contribution in [0.1, 0.15) is 11.1 Å². The van der Waals surface area contributed by atoms with E-state index in [4.69, 9.17) is 9.47 Å². The molecule has 0 aromatic heterocycles. The van der Waals surface area contributed by atoms with Crippen molar-refractivity contribution in [2.45, 2.75) is 26.6 Å². The van der Waals surface area contributed by atoms with Crippen LogP contribution in [0, 0.1) is 18.4 Å². The van der Waals surface area contributed by atoms with E-state index in [1.807, 2.05) is 19.1 Å². The Hall–Kier alpha value is -1.40. The molecule has 0 aliphatic heterocycles. The van der Waals surface area contributed by atoms with Crippen LogP contribution in [-0.4, -0.2) is 22.3 Å². The van der Waals surface area contributed by atoms with E-state index >= 15 is 0 Å². The molecule has 0 aliphatic rings. The Kier molecular flexibility index (Phi) is 4.25. The van der Waals surface area contributed by atoms with Gasteiger partial charge in [0.25, 0.3) is 0 Å². The standard InChI is InChI=1S/C14H20O2Si/c1-11-9-13(15-2)10-12(14(11)16-3)7-8-17(4,5)6/h9-10H,1-6H3. The van der Waals surface area contributed by atoms with Crippen molar-refractivity contribution in [2.75, 3.05) is 14.2 Å². The van der Waals surface area contributed by atoms with Crippen LogP contribution >= 0.6 is 0 Å². The number of ether oxygens (including phenoxy) is 2. The molecule has 0 heterocycles. The number of aryl methyl sites for hydroxylation is 1. The predicted octanol–water partition coefficient (Wildman–Crippen LogP) is 3.24. The molecule has 0 atom stereocenters. The summed E-state index contributed by atoms with van der Waals surface area (Å²) in [6.07, 6.45) is 0. The Labute approximate surface area is 105 Å². The molecule has 0 radical (unpaired) electrons. The Morgan fingerprint density at radius 1 is 1.06 bits per heavy atom. The van der Waals surface area contributed by atoms with E-state index in [-0.39, 0.29) is 0 Å². The van der Waals surface area contributed by atoms with Gasteiger partial charge in [-0.3, -0.25) is 0 Å². The zero-order chi connectivity index (χ0) is 13.1. The van der Waals surface area contributed by atoms with Crippen LogP contribution in [0.4, 0.5) is 0 Å². The fourth-order valence-electron chi connectivity index (χ4n) is 1.48. The highest BCUT2D eigenvalue weighted by Crippen LogP contribution is 2.28. The highest BCUT2D eigenvalue weighted by atomic mass is 28.3. The monoisotopic (exact) mass is 248 g/mol. The smallest absolute Gasteiger partial charge is 0.137 e. The first-order chi connectivity index (χ1) is 7.87. The number of hydrogen-bond acceptors (Lipinski definition) is 2. The van der Waals surface area contributed by atoms with Crippen molar-refractivity contribution < 1.29 is 9.47 Å². The molecule has 0 saturated heterocycles. The summed E-state index contributed by atoms with van der Waals surface area (Å²) in [7, 11) is 1.96. The van der Waals surface area contributed by atoms with Crippen molar-refractivity contribution in [3.63, 3.8) is 0 Å². The van der Waals surface area contributed by atoms with Gasteiger partial charge in [0.15, 0.2) is 0 Å². The molecule has 1 aromatic carbocycles. The molecular formula is C14H20O2Si. The maximum atomic E-state index is 5.40. The van der Waals surface area contributed by atoms with Gasteiger partial charge in [-0.05, 0) is 24.6 Å². The average molecular weight is 248 g/mol. The summed E-state index contributed by atoms with van der Waals surface area (Å²) < 4.78 is 10.7. The van der Waals surface area contributed by atoms with Gasteiger partial charge in [0.2, 0.25) is 0 Å². The van der Waals surface area contributed by atoms with E-state index in [9.17, 15) is 0 Å². The summed E-state index contributed by atoms with van der Waals surface area (Å²) >= 11 is 0. The van der Waals surface area contributed by atoms with Crippen molar-refractivity contribution in [1.29, 1.82) is 0 Å². The van der Waals surface area contributed by atoms with Gasteiger partial charge in [0.05, 0.1) is 19.8 Å². The SMILES string of the molecule is COc1cc(C)c(OC)c(C#C[Si](C)(C)C)c1. The minimum Gasteiger partial charge on any atom is -0.497 e. The van der Waals surface area contributed by atoms with E-state index in [2.05, 4.69) is 31.1 Å². The van der Waals surface area contributed by atoms with Crippen molar-refractivity contribution in [3.8, 4) is 23.0 Å². The molecule has 2 nitrogen and oxygen atoms in total. The lowest BCUT2D eigenvalue weighted by molar-refractivity contribution is 0.399. The average Bonchev–Trinajstić information content (AvgIpc) is 2.24. The van der Waals surface area contributed by atoms with Crippen molar-refractivity contribution in [1.82, 2.24) is 0 Å². The highest BCUT2D eigenvalue weighted by Gasteiger charge is 2.10. The maximum absolute atomic E-state index is 5.40. The van der Waals surface area contributed by atoms with E-state index in [1.54, 1.807) is 14.2 Å². The van der Waals surface area contributed by atoms with E-state index in [0.717, 1.165) is 22.6 Å². The zero-order valence-electron chi connectivity index (χ0n) is 11.5. The van der Waals surface area contributed by atoms with E-state index < -0.39 is 8.07 Å². The molecule has 0 unspecified atom stereocenters. The second-order valence-electron chi connectivity index (χ2n) is 5.03. The number of benzene rings is 1. The molecule has 0 spiro atoms. The fraction of sp³-hybridized carbons (Fsp3) is 0.429. The molecule has 3 heteroatoms. The molecule has 0 saturated carbocycles. The first kappa shape index (κ1) is 13.7. The molecule has 0 N–H and O–H groups in total. The molecule has 0 amide bonds. The van der Waals surface area contributed by atoms with Gasteiger partial charge < -0.3 is 9.47 Å². The van der Waals surface area contributed by atoms with Gasteiger partial charge in [-0.1, -0.05) is 25.6 Å². The first-order valence-corrected chi connectivity index (χ1v) is 9.13. The fourth-order valence-corrected chi connectivity index (χ4v) is 1.99. The lowest BCUT2D eigenvalue weighted by Crippen LogP contribution is -2.16. The van der Waals surface area contributed by atoms with Gasteiger partial charge in [0, 0.05) is 0 Å². The summed E-state index contributed by atoms with van der Waals surface area (Å²) in [5, 5.41) is 0. The van der Waals surface area contributed by atoms with Gasteiger partial charge >= 0.3 is 0 Å². The molecule has 92 valence electrons. The Bertz CT molecular complexity index is 462.